The van der Waals surface area contributed by atoms with Crippen LogP contribution in [0.25, 0.3) is 0 Å². The third kappa shape index (κ3) is 3.80. The van der Waals surface area contributed by atoms with Crippen LogP contribution in [-0.2, 0) is 16.4 Å². The highest BCUT2D eigenvalue weighted by atomic mass is 32.2. The largest absolute Gasteiger partial charge is 0.493 e. The van der Waals surface area contributed by atoms with Gasteiger partial charge in [-0.2, -0.15) is 0 Å². The Kier molecular flexibility index (Phi) is 5.00. The molecule has 0 bridgehead atoms. The van der Waals surface area contributed by atoms with E-state index >= 15 is 0 Å². The predicted molar refractivity (Wildman–Crippen MR) is 91.0 cm³/mol. The molecule has 0 saturated heterocycles. The molecule has 1 aliphatic rings. The molecular weight excluding hydrogens is 346 g/mol. The number of rotatable bonds is 7. The first kappa shape index (κ1) is 17.4. The van der Waals surface area contributed by atoms with Crippen molar-refractivity contribution >= 4 is 10.0 Å². The number of ether oxygens (including phenoxy) is 4. The lowest BCUT2D eigenvalue weighted by atomic mass is 10.1. The highest BCUT2D eigenvalue weighted by Crippen LogP contribution is 2.33. The summed E-state index contributed by atoms with van der Waals surface area (Å²) >= 11 is 0. The van der Waals surface area contributed by atoms with Gasteiger partial charge in [0.2, 0.25) is 16.8 Å². The molecule has 0 aliphatic carbocycles. The second-order valence-electron chi connectivity index (χ2n) is 5.35. The summed E-state index contributed by atoms with van der Waals surface area (Å²) in [5, 5.41) is 0. The van der Waals surface area contributed by atoms with Gasteiger partial charge in [-0.3, -0.25) is 0 Å². The Morgan fingerprint density at radius 1 is 1.00 bits per heavy atom. The number of fused-ring (bicyclic) bond motifs is 1. The monoisotopic (exact) mass is 365 g/mol. The zero-order valence-corrected chi connectivity index (χ0v) is 14.8. The topological polar surface area (TPSA) is 83.1 Å². The molecule has 0 amide bonds. The molecule has 0 radical (unpaired) electrons. The summed E-state index contributed by atoms with van der Waals surface area (Å²) < 4.78 is 48.2. The molecule has 0 aromatic heterocycles. The van der Waals surface area contributed by atoms with E-state index in [1.807, 2.05) is 12.1 Å². The van der Waals surface area contributed by atoms with E-state index in [1.165, 1.54) is 12.1 Å². The first-order valence-electron chi connectivity index (χ1n) is 7.64. The number of hydrogen-bond acceptors (Lipinski definition) is 6. The van der Waals surface area contributed by atoms with Crippen LogP contribution in [0.4, 0.5) is 0 Å². The van der Waals surface area contributed by atoms with Crippen LogP contribution in [0.5, 0.6) is 23.0 Å². The maximum absolute atomic E-state index is 12.4. The lowest BCUT2D eigenvalue weighted by molar-refractivity contribution is 0.174. The quantitative estimate of drug-likeness (QED) is 0.808. The first-order valence-corrected chi connectivity index (χ1v) is 9.12. The van der Waals surface area contributed by atoms with Gasteiger partial charge in [0.25, 0.3) is 0 Å². The van der Waals surface area contributed by atoms with Gasteiger partial charge in [-0.15, -0.1) is 0 Å². The zero-order valence-electron chi connectivity index (χ0n) is 13.9. The fraction of sp³-hybridized carbons (Fsp3) is 0.294. The van der Waals surface area contributed by atoms with Crippen LogP contribution < -0.4 is 23.7 Å². The van der Waals surface area contributed by atoms with Gasteiger partial charge in [0.1, 0.15) is 0 Å². The minimum atomic E-state index is -3.62. The molecular formula is C17H19NO6S. The van der Waals surface area contributed by atoms with Crippen molar-refractivity contribution in [3.63, 3.8) is 0 Å². The van der Waals surface area contributed by atoms with Crippen molar-refractivity contribution in [2.45, 2.75) is 11.3 Å². The van der Waals surface area contributed by atoms with Gasteiger partial charge in [-0.1, -0.05) is 6.07 Å². The van der Waals surface area contributed by atoms with Gasteiger partial charge in [-0.25, -0.2) is 13.1 Å². The molecule has 3 rings (SSSR count). The third-order valence-electron chi connectivity index (χ3n) is 3.81. The maximum atomic E-state index is 12.4. The Hall–Kier alpha value is -2.45. The summed E-state index contributed by atoms with van der Waals surface area (Å²) in [6.07, 6.45) is 0.518. The van der Waals surface area contributed by atoms with Crippen molar-refractivity contribution in [1.82, 2.24) is 4.72 Å². The summed E-state index contributed by atoms with van der Waals surface area (Å²) in [4.78, 5) is 0.143. The average Bonchev–Trinajstić information content (AvgIpc) is 3.09. The Balaban J connectivity index is 1.65. The molecule has 0 unspecified atom stereocenters. The molecule has 7 nitrogen and oxygen atoms in total. The number of benzene rings is 2. The van der Waals surface area contributed by atoms with Gasteiger partial charge in [0.05, 0.1) is 19.1 Å². The van der Waals surface area contributed by atoms with Crippen molar-refractivity contribution in [3.05, 3.63) is 42.0 Å². The Labute approximate surface area is 146 Å². The second kappa shape index (κ2) is 7.20. The lowest BCUT2D eigenvalue weighted by Gasteiger charge is -2.10. The molecule has 8 heteroatoms. The van der Waals surface area contributed by atoms with Crippen molar-refractivity contribution < 1.29 is 27.4 Å². The Bertz CT molecular complexity index is 865. The summed E-state index contributed by atoms with van der Waals surface area (Å²) in [7, 11) is -0.496. The molecule has 2 aromatic carbocycles. The number of hydrogen-bond donors (Lipinski definition) is 1. The molecule has 0 fully saturated rings. The number of sulfonamides is 1. The van der Waals surface area contributed by atoms with E-state index in [4.69, 9.17) is 18.9 Å². The number of nitrogens with one attached hydrogen (secondary N) is 1. The average molecular weight is 365 g/mol. The third-order valence-corrected chi connectivity index (χ3v) is 5.27. The maximum Gasteiger partial charge on any atom is 0.240 e. The summed E-state index contributed by atoms with van der Waals surface area (Å²) in [5.74, 6) is 2.22. The summed E-state index contributed by atoms with van der Waals surface area (Å²) in [6, 6.07) is 10.0. The summed E-state index contributed by atoms with van der Waals surface area (Å²) in [5.41, 5.74) is 0.936. The van der Waals surface area contributed by atoms with Gasteiger partial charge >= 0.3 is 0 Å². The standard InChI is InChI=1S/C17H19NO6S/c1-21-14-5-3-12(9-16(14)22-2)7-8-18-25(19,20)13-4-6-15-17(10-13)24-11-23-15/h3-6,9-10,18H,7-8,11H2,1-2H3. The van der Waals surface area contributed by atoms with Gasteiger partial charge in [0.15, 0.2) is 23.0 Å². The molecule has 134 valence electrons. The van der Waals surface area contributed by atoms with E-state index in [9.17, 15) is 8.42 Å². The molecule has 1 N–H and O–H groups in total. The van der Waals surface area contributed by atoms with E-state index in [0.29, 0.717) is 29.4 Å². The normalized spacial score (nSPS) is 12.9. The second-order valence-corrected chi connectivity index (χ2v) is 7.12. The van der Waals surface area contributed by atoms with Crippen molar-refractivity contribution in [3.8, 4) is 23.0 Å². The van der Waals surface area contributed by atoms with Crippen LogP contribution in [0.2, 0.25) is 0 Å². The molecule has 0 atom stereocenters. The van der Waals surface area contributed by atoms with E-state index in [0.717, 1.165) is 5.56 Å². The first-order chi connectivity index (χ1) is 12.0. The van der Waals surface area contributed by atoms with E-state index in [2.05, 4.69) is 4.72 Å². The van der Waals surface area contributed by atoms with Crippen molar-refractivity contribution in [1.29, 1.82) is 0 Å². The highest BCUT2D eigenvalue weighted by Gasteiger charge is 2.20. The molecule has 0 spiro atoms. The lowest BCUT2D eigenvalue weighted by Crippen LogP contribution is -2.26. The predicted octanol–water partition coefficient (Wildman–Crippen LogP) is 1.95. The highest BCUT2D eigenvalue weighted by molar-refractivity contribution is 7.89. The van der Waals surface area contributed by atoms with Crippen molar-refractivity contribution in [2.24, 2.45) is 0 Å². The van der Waals surface area contributed by atoms with E-state index < -0.39 is 10.0 Å². The molecule has 2 aromatic rings. The van der Waals surface area contributed by atoms with Crippen LogP contribution in [0.3, 0.4) is 0 Å². The Morgan fingerprint density at radius 3 is 2.52 bits per heavy atom. The van der Waals surface area contributed by atoms with Gasteiger partial charge in [-0.05, 0) is 36.2 Å². The number of methoxy groups -OCH3 is 2. The van der Waals surface area contributed by atoms with E-state index in [-0.39, 0.29) is 18.2 Å². The molecule has 0 saturated carbocycles. The SMILES string of the molecule is COc1ccc(CCNS(=O)(=O)c2ccc3c(c2)OCO3)cc1OC. The zero-order chi connectivity index (χ0) is 17.9. The van der Waals surface area contributed by atoms with Crippen LogP contribution >= 0.6 is 0 Å². The van der Waals surface area contributed by atoms with Gasteiger partial charge < -0.3 is 18.9 Å². The van der Waals surface area contributed by atoms with E-state index in [1.54, 1.807) is 26.4 Å². The van der Waals surface area contributed by atoms with Crippen LogP contribution in [0.1, 0.15) is 5.56 Å². The molecule has 1 aliphatic heterocycles. The Morgan fingerprint density at radius 2 is 1.76 bits per heavy atom. The van der Waals surface area contributed by atoms with Crippen molar-refractivity contribution in [2.75, 3.05) is 27.6 Å². The minimum Gasteiger partial charge on any atom is -0.493 e. The molecule has 1 heterocycles. The van der Waals surface area contributed by atoms with Crippen LogP contribution in [-0.4, -0.2) is 36.0 Å². The minimum absolute atomic E-state index is 0.103. The van der Waals surface area contributed by atoms with Crippen LogP contribution in [0.15, 0.2) is 41.3 Å². The summed E-state index contributed by atoms with van der Waals surface area (Å²) in [6.45, 7) is 0.359. The smallest absolute Gasteiger partial charge is 0.240 e. The van der Waals surface area contributed by atoms with Gasteiger partial charge in [0, 0.05) is 12.6 Å². The van der Waals surface area contributed by atoms with Crippen LogP contribution in [0, 0.1) is 0 Å². The fourth-order valence-electron chi connectivity index (χ4n) is 2.49. The fourth-order valence-corrected chi connectivity index (χ4v) is 3.54. The molecule has 25 heavy (non-hydrogen) atoms.